The first kappa shape index (κ1) is 20.5. The number of hydrogen-bond donors (Lipinski definition) is 1. The molecule has 1 amide bonds. The van der Waals surface area contributed by atoms with Crippen molar-refractivity contribution in [1.29, 1.82) is 0 Å². The van der Waals surface area contributed by atoms with Crippen LogP contribution in [0.2, 0.25) is 0 Å². The SMILES string of the molecule is CC(C)(C)OC(=O)N[C@@H]1CCCc2c(OCCOS(C)(=O)=O)cccc21. The van der Waals surface area contributed by atoms with Gasteiger partial charge in [0, 0.05) is 0 Å². The third kappa shape index (κ3) is 6.49. The molecule has 1 aliphatic carbocycles. The molecule has 0 saturated carbocycles. The summed E-state index contributed by atoms with van der Waals surface area (Å²) in [6.07, 6.45) is 3.14. The van der Waals surface area contributed by atoms with Crippen molar-refractivity contribution in [3.63, 3.8) is 0 Å². The normalized spacial score (nSPS) is 17.3. The van der Waals surface area contributed by atoms with Gasteiger partial charge in [0.25, 0.3) is 10.1 Å². The van der Waals surface area contributed by atoms with Gasteiger partial charge in [0.1, 0.15) is 24.6 Å². The lowest BCUT2D eigenvalue weighted by molar-refractivity contribution is 0.0498. The highest BCUT2D eigenvalue weighted by atomic mass is 32.2. The second kappa shape index (κ2) is 8.26. The highest BCUT2D eigenvalue weighted by molar-refractivity contribution is 7.85. The molecule has 1 atom stereocenters. The summed E-state index contributed by atoms with van der Waals surface area (Å²) < 4.78 is 37.7. The average molecular weight is 385 g/mol. The largest absolute Gasteiger partial charge is 0.491 e. The van der Waals surface area contributed by atoms with E-state index in [1.165, 1.54) is 0 Å². The Balaban J connectivity index is 2.04. The van der Waals surface area contributed by atoms with E-state index in [1.807, 2.05) is 39.0 Å². The highest BCUT2D eigenvalue weighted by Crippen LogP contribution is 2.35. The minimum atomic E-state index is -3.47. The number of ether oxygens (including phenoxy) is 2. The predicted octanol–water partition coefficient (Wildman–Crippen LogP) is 2.94. The maximum absolute atomic E-state index is 12.1. The van der Waals surface area contributed by atoms with Gasteiger partial charge >= 0.3 is 6.09 Å². The van der Waals surface area contributed by atoms with Crippen LogP contribution in [0.15, 0.2) is 18.2 Å². The molecule has 1 aliphatic rings. The zero-order valence-corrected chi connectivity index (χ0v) is 16.5. The van der Waals surface area contributed by atoms with E-state index in [0.29, 0.717) is 5.75 Å². The number of alkyl carbamates (subject to hydrolysis) is 1. The lowest BCUT2D eigenvalue weighted by Gasteiger charge is -2.29. The van der Waals surface area contributed by atoms with Gasteiger partial charge in [-0.3, -0.25) is 4.18 Å². The molecule has 8 heteroatoms. The van der Waals surface area contributed by atoms with Gasteiger partial charge in [0.2, 0.25) is 0 Å². The van der Waals surface area contributed by atoms with Crippen molar-refractivity contribution < 1.29 is 26.9 Å². The summed E-state index contributed by atoms with van der Waals surface area (Å²) in [7, 11) is -3.47. The number of rotatable bonds is 6. The molecular weight excluding hydrogens is 358 g/mol. The van der Waals surface area contributed by atoms with Gasteiger partial charge < -0.3 is 14.8 Å². The molecule has 146 valence electrons. The van der Waals surface area contributed by atoms with Crippen LogP contribution in [0.3, 0.4) is 0 Å². The Kier molecular flexibility index (Phi) is 6.52. The number of carbonyl (C=O) groups excluding carboxylic acids is 1. The van der Waals surface area contributed by atoms with Crippen molar-refractivity contribution >= 4 is 16.2 Å². The molecule has 2 rings (SSSR count). The summed E-state index contributed by atoms with van der Waals surface area (Å²) in [4.78, 5) is 12.1. The topological polar surface area (TPSA) is 90.9 Å². The summed E-state index contributed by atoms with van der Waals surface area (Å²) in [5.74, 6) is 0.690. The van der Waals surface area contributed by atoms with Gasteiger partial charge in [0.15, 0.2) is 0 Å². The summed E-state index contributed by atoms with van der Waals surface area (Å²) in [5.41, 5.74) is 1.48. The van der Waals surface area contributed by atoms with Crippen LogP contribution < -0.4 is 10.1 Å². The quantitative estimate of drug-likeness (QED) is 0.598. The third-order valence-electron chi connectivity index (χ3n) is 3.79. The van der Waals surface area contributed by atoms with Crippen molar-refractivity contribution in [1.82, 2.24) is 5.32 Å². The molecule has 26 heavy (non-hydrogen) atoms. The maximum Gasteiger partial charge on any atom is 0.408 e. The van der Waals surface area contributed by atoms with E-state index < -0.39 is 21.8 Å². The Bertz CT molecular complexity index is 739. The Morgan fingerprint density at radius 2 is 2.00 bits per heavy atom. The second-order valence-corrected chi connectivity index (χ2v) is 8.93. The van der Waals surface area contributed by atoms with Gasteiger partial charge in [-0.25, -0.2) is 4.79 Å². The molecule has 7 nitrogen and oxygen atoms in total. The first-order chi connectivity index (χ1) is 12.1. The van der Waals surface area contributed by atoms with E-state index in [1.54, 1.807) is 0 Å². The fourth-order valence-corrected chi connectivity index (χ4v) is 3.26. The van der Waals surface area contributed by atoms with Crippen LogP contribution in [0, 0.1) is 0 Å². The minimum absolute atomic E-state index is 0.0396. The molecule has 0 heterocycles. The monoisotopic (exact) mass is 385 g/mol. The molecule has 0 fully saturated rings. The number of nitrogens with one attached hydrogen (secondary N) is 1. The fourth-order valence-electron chi connectivity index (χ4n) is 2.89. The van der Waals surface area contributed by atoms with Gasteiger partial charge in [-0.2, -0.15) is 8.42 Å². The molecule has 0 aromatic heterocycles. The Morgan fingerprint density at radius 3 is 2.65 bits per heavy atom. The third-order valence-corrected chi connectivity index (χ3v) is 4.39. The van der Waals surface area contributed by atoms with Crippen LogP contribution in [0.1, 0.15) is 50.8 Å². The Morgan fingerprint density at radius 1 is 1.27 bits per heavy atom. The van der Waals surface area contributed by atoms with Crippen molar-refractivity contribution in [3.05, 3.63) is 29.3 Å². The average Bonchev–Trinajstić information content (AvgIpc) is 2.49. The van der Waals surface area contributed by atoms with Crippen LogP contribution >= 0.6 is 0 Å². The number of fused-ring (bicyclic) bond motifs is 1. The van der Waals surface area contributed by atoms with Gasteiger partial charge in [-0.05, 0) is 57.2 Å². The zero-order valence-electron chi connectivity index (χ0n) is 15.7. The highest BCUT2D eigenvalue weighted by Gasteiger charge is 2.26. The van der Waals surface area contributed by atoms with Crippen LogP contribution in [0.5, 0.6) is 5.75 Å². The number of amides is 1. The number of benzene rings is 1. The summed E-state index contributed by atoms with van der Waals surface area (Å²) >= 11 is 0. The lowest BCUT2D eigenvalue weighted by Crippen LogP contribution is -2.36. The van der Waals surface area contributed by atoms with Crippen molar-refractivity contribution in [2.24, 2.45) is 0 Å². The van der Waals surface area contributed by atoms with Crippen molar-refractivity contribution in [2.75, 3.05) is 19.5 Å². The molecule has 0 saturated heterocycles. The van der Waals surface area contributed by atoms with Crippen molar-refractivity contribution in [3.8, 4) is 5.75 Å². The smallest absolute Gasteiger partial charge is 0.408 e. The van der Waals surface area contributed by atoms with Crippen molar-refractivity contribution in [2.45, 2.75) is 51.7 Å². The summed E-state index contributed by atoms with van der Waals surface area (Å²) in [6, 6.07) is 5.54. The first-order valence-electron chi connectivity index (χ1n) is 8.64. The van der Waals surface area contributed by atoms with Crippen LogP contribution in [0.25, 0.3) is 0 Å². The standard InChI is InChI=1S/C18H27NO6S/c1-18(2,3)25-17(20)19-15-9-5-8-14-13(15)7-6-10-16(14)23-11-12-24-26(4,21)22/h6-7,10,15H,5,8-9,11-12H2,1-4H3,(H,19,20)/t15-/m1/s1. The van der Waals surface area contributed by atoms with E-state index >= 15 is 0 Å². The Labute approximate surface area is 155 Å². The molecule has 1 aromatic rings. The lowest BCUT2D eigenvalue weighted by atomic mass is 9.87. The zero-order chi connectivity index (χ0) is 19.4. The molecule has 0 radical (unpaired) electrons. The van der Waals surface area contributed by atoms with Gasteiger partial charge in [-0.15, -0.1) is 0 Å². The maximum atomic E-state index is 12.1. The second-order valence-electron chi connectivity index (χ2n) is 7.29. The van der Waals surface area contributed by atoms with Crippen LogP contribution in [-0.4, -0.2) is 39.6 Å². The molecule has 0 spiro atoms. The molecular formula is C18H27NO6S. The minimum Gasteiger partial charge on any atom is -0.491 e. The van der Waals surface area contributed by atoms with Crippen LogP contribution in [-0.2, 0) is 25.5 Å². The molecule has 1 aromatic carbocycles. The van der Waals surface area contributed by atoms with E-state index in [-0.39, 0.29) is 19.3 Å². The summed E-state index contributed by atoms with van der Waals surface area (Å²) in [5, 5.41) is 2.93. The molecule has 0 bridgehead atoms. The van der Waals surface area contributed by atoms with Gasteiger partial charge in [0.05, 0.1) is 12.3 Å². The van der Waals surface area contributed by atoms with E-state index in [4.69, 9.17) is 9.47 Å². The van der Waals surface area contributed by atoms with E-state index in [0.717, 1.165) is 36.6 Å². The van der Waals surface area contributed by atoms with Gasteiger partial charge in [-0.1, -0.05) is 12.1 Å². The fraction of sp³-hybridized carbons (Fsp3) is 0.611. The van der Waals surface area contributed by atoms with E-state index in [9.17, 15) is 13.2 Å². The van der Waals surface area contributed by atoms with Crippen LogP contribution in [0.4, 0.5) is 4.79 Å². The molecule has 1 N–H and O–H groups in total. The predicted molar refractivity (Wildman–Crippen MR) is 97.8 cm³/mol. The molecule has 0 aliphatic heterocycles. The summed E-state index contributed by atoms with van der Waals surface area (Å²) in [6.45, 7) is 5.57. The Hall–Kier alpha value is -1.80. The molecule has 0 unspecified atom stereocenters. The number of carbonyl (C=O) groups is 1. The number of hydrogen-bond acceptors (Lipinski definition) is 6. The first-order valence-corrected chi connectivity index (χ1v) is 10.5. The van der Waals surface area contributed by atoms with E-state index in [2.05, 4.69) is 9.50 Å².